The van der Waals surface area contributed by atoms with Crippen molar-refractivity contribution in [2.75, 3.05) is 7.11 Å². The Bertz CT molecular complexity index is 570. The number of nitrogens with zero attached hydrogens (tertiary/aromatic N) is 2. The number of ether oxygens (including phenoxy) is 1. The molecular weight excluding hydrogens is 326 g/mol. The maximum absolute atomic E-state index is 12.2. The Morgan fingerprint density at radius 3 is 2.65 bits per heavy atom. The predicted molar refractivity (Wildman–Crippen MR) is 105 cm³/mol. The van der Waals surface area contributed by atoms with Crippen molar-refractivity contribution in [1.82, 2.24) is 10.2 Å². The summed E-state index contributed by atoms with van der Waals surface area (Å²) >= 11 is 0. The van der Waals surface area contributed by atoms with E-state index in [0.717, 1.165) is 36.5 Å². The first-order valence-corrected chi connectivity index (χ1v) is 10.6. The Morgan fingerprint density at radius 1 is 1.19 bits per heavy atom. The van der Waals surface area contributed by atoms with Crippen molar-refractivity contribution < 1.29 is 9.53 Å². The van der Waals surface area contributed by atoms with E-state index < -0.39 is 0 Å². The van der Waals surface area contributed by atoms with Crippen molar-refractivity contribution in [2.24, 2.45) is 4.99 Å². The molecule has 0 aromatic carbocycles. The number of carbonyl (C=O) groups is 1. The third kappa shape index (κ3) is 4.07. The van der Waals surface area contributed by atoms with Gasteiger partial charge in [0.05, 0.1) is 24.8 Å². The van der Waals surface area contributed by atoms with Crippen LogP contribution in [0.1, 0.15) is 84.5 Å². The van der Waals surface area contributed by atoms with E-state index in [1.807, 2.05) is 6.92 Å². The van der Waals surface area contributed by atoms with Crippen LogP contribution in [0.15, 0.2) is 16.3 Å². The zero-order chi connectivity index (χ0) is 18.5. The van der Waals surface area contributed by atoms with E-state index in [1.165, 1.54) is 58.5 Å². The number of esters is 1. The molecule has 1 unspecified atom stereocenters. The second-order valence-corrected chi connectivity index (χ2v) is 8.06. The SMILES string of the molecule is CCCCCCCCC[C@@H]1C[C@@H]2CCC3C(C(=O)OC)=C(C)NC(=N1)N32. The zero-order valence-corrected chi connectivity index (χ0v) is 16.7. The number of hydrogen-bond acceptors (Lipinski definition) is 5. The minimum absolute atomic E-state index is 0.145. The molecule has 5 heteroatoms. The number of nitrogens with one attached hydrogen (secondary N) is 1. The van der Waals surface area contributed by atoms with Gasteiger partial charge in [0.15, 0.2) is 5.96 Å². The molecule has 3 aliphatic rings. The molecule has 0 saturated carbocycles. The van der Waals surface area contributed by atoms with Crippen LogP contribution in [0.25, 0.3) is 0 Å². The summed E-state index contributed by atoms with van der Waals surface area (Å²) in [6, 6.07) is 1.09. The van der Waals surface area contributed by atoms with Gasteiger partial charge in [-0.3, -0.25) is 0 Å². The molecule has 3 rings (SSSR count). The average molecular weight is 362 g/mol. The summed E-state index contributed by atoms with van der Waals surface area (Å²) in [5.41, 5.74) is 1.70. The number of hydrogen-bond donors (Lipinski definition) is 1. The van der Waals surface area contributed by atoms with Crippen LogP contribution in [0.3, 0.4) is 0 Å². The van der Waals surface area contributed by atoms with Crippen molar-refractivity contribution in [3.05, 3.63) is 11.3 Å². The fourth-order valence-electron chi connectivity index (χ4n) is 4.83. The number of carbonyl (C=O) groups excluding carboxylic acids is 1. The van der Waals surface area contributed by atoms with Gasteiger partial charge in [-0.15, -0.1) is 0 Å². The first-order valence-electron chi connectivity index (χ1n) is 10.6. The molecule has 0 spiro atoms. The lowest BCUT2D eigenvalue weighted by Gasteiger charge is -2.42. The highest BCUT2D eigenvalue weighted by Gasteiger charge is 2.46. The van der Waals surface area contributed by atoms with Crippen LogP contribution in [0, 0.1) is 0 Å². The monoisotopic (exact) mass is 361 g/mol. The normalized spacial score (nSPS) is 27.1. The highest BCUT2D eigenvalue weighted by molar-refractivity contribution is 5.96. The summed E-state index contributed by atoms with van der Waals surface area (Å²) in [7, 11) is 1.47. The lowest BCUT2D eigenvalue weighted by molar-refractivity contribution is -0.136. The second-order valence-electron chi connectivity index (χ2n) is 8.06. The maximum Gasteiger partial charge on any atom is 0.337 e. The minimum Gasteiger partial charge on any atom is -0.466 e. The van der Waals surface area contributed by atoms with Gasteiger partial charge in [-0.1, -0.05) is 51.9 Å². The lowest BCUT2D eigenvalue weighted by atomic mass is 9.97. The number of guanidine groups is 1. The summed E-state index contributed by atoms with van der Waals surface area (Å²) in [4.78, 5) is 19.5. The lowest BCUT2D eigenvalue weighted by Crippen LogP contribution is -2.56. The van der Waals surface area contributed by atoms with Crippen LogP contribution >= 0.6 is 0 Å². The quantitative estimate of drug-likeness (QED) is 0.495. The van der Waals surface area contributed by atoms with Gasteiger partial charge in [-0.05, 0) is 32.6 Å². The summed E-state index contributed by atoms with van der Waals surface area (Å²) in [6.07, 6.45) is 13.9. The summed E-state index contributed by atoms with van der Waals surface area (Å²) in [5.74, 6) is 0.784. The van der Waals surface area contributed by atoms with E-state index >= 15 is 0 Å². The van der Waals surface area contributed by atoms with Gasteiger partial charge in [0.2, 0.25) is 0 Å². The van der Waals surface area contributed by atoms with E-state index in [-0.39, 0.29) is 12.0 Å². The highest BCUT2D eigenvalue weighted by atomic mass is 16.5. The van der Waals surface area contributed by atoms with E-state index in [0.29, 0.717) is 12.1 Å². The first-order chi connectivity index (χ1) is 12.7. The Morgan fingerprint density at radius 2 is 1.92 bits per heavy atom. The molecule has 3 heterocycles. The molecule has 1 N–H and O–H groups in total. The van der Waals surface area contributed by atoms with E-state index in [1.54, 1.807) is 0 Å². The third-order valence-corrected chi connectivity index (χ3v) is 6.18. The summed E-state index contributed by atoms with van der Waals surface area (Å²) in [5, 5.41) is 3.39. The Balaban J connectivity index is 1.56. The van der Waals surface area contributed by atoms with Crippen molar-refractivity contribution in [3.8, 4) is 0 Å². The van der Waals surface area contributed by atoms with Crippen molar-refractivity contribution >= 4 is 11.9 Å². The van der Waals surface area contributed by atoms with Gasteiger partial charge in [0, 0.05) is 11.7 Å². The maximum atomic E-state index is 12.2. The molecule has 0 bridgehead atoms. The van der Waals surface area contributed by atoms with Crippen molar-refractivity contribution in [1.29, 1.82) is 0 Å². The summed E-state index contributed by atoms with van der Waals surface area (Å²) in [6.45, 7) is 4.24. The predicted octanol–water partition coefficient (Wildman–Crippen LogP) is 4.14. The molecule has 0 amide bonds. The molecule has 5 nitrogen and oxygen atoms in total. The summed E-state index contributed by atoms with van der Waals surface area (Å²) < 4.78 is 5.01. The van der Waals surface area contributed by atoms with Crippen LogP contribution in [-0.4, -0.2) is 42.1 Å². The van der Waals surface area contributed by atoms with Gasteiger partial charge in [-0.2, -0.15) is 0 Å². The Labute approximate surface area is 158 Å². The second kappa shape index (κ2) is 8.92. The molecule has 3 aliphatic heterocycles. The van der Waals surface area contributed by atoms with E-state index in [4.69, 9.17) is 9.73 Å². The third-order valence-electron chi connectivity index (χ3n) is 6.18. The number of unbranched alkanes of at least 4 members (excludes halogenated alkanes) is 6. The standard InChI is InChI=1S/C21H35N3O2/c1-4-5-6-7-8-9-10-11-16-14-17-12-13-18-19(20(25)26-3)15(2)22-21(23-16)24(17)18/h16-18H,4-14H2,1-3H3,(H,22,23)/t16-,17+,18?/m1/s1. The van der Waals surface area contributed by atoms with Gasteiger partial charge in [0.1, 0.15) is 0 Å². The van der Waals surface area contributed by atoms with Crippen LogP contribution in [0.4, 0.5) is 0 Å². The molecule has 26 heavy (non-hydrogen) atoms. The Kier molecular flexibility index (Phi) is 6.60. The number of aliphatic imine (C=N–C) groups is 1. The molecule has 3 atom stereocenters. The van der Waals surface area contributed by atoms with Gasteiger partial charge in [0.25, 0.3) is 0 Å². The molecular formula is C21H35N3O2. The molecule has 1 saturated heterocycles. The van der Waals surface area contributed by atoms with Gasteiger partial charge >= 0.3 is 5.97 Å². The molecule has 0 aromatic heterocycles. The average Bonchev–Trinajstić information content (AvgIpc) is 3.05. The fraction of sp³-hybridized carbons (Fsp3) is 0.810. The van der Waals surface area contributed by atoms with Gasteiger partial charge < -0.3 is 15.0 Å². The minimum atomic E-state index is -0.204. The van der Waals surface area contributed by atoms with Crippen molar-refractivity contribution in [2.45, 2.75) is 103 Å². The number of allylic oxidation sites excluding steroid dienone is 1. The Hall–Kier alpha value is -1.52. The topological polar surface area (TPSA) is 53.9 Å². The highest BCUT2D eigenvalue weighted by Crippen LogP contribution is 2.38. The molecule has 0 aromatic rings. The van der Waals surface area contributed by atoms with E-state index in [9.17, 15) is 4.79 Å². The van der Waals surface area contributed by atoms with Crippen LogP contribution in [0.5, 0.6) is 0 Å². The molecule has 0 aliphatic carbocycles. The number of rotatable bonds is 9. The van der Waals surface area contributed by atoms with Crippen LogP contribution in [0.2, 0.25) is 0 Å². The first kappa shape index (κ1) is 19.2. The number of methoxy groups -OCH3 is 1. The largest absolute Gasteiger partial charge is 0.466 e. The van der Waals surface area contributed by atoms with Gasteiger partial charge in [-0.25, -0.2) is 9.79 Å². The van der Waals surface area contributed by atoms with Crippen LogP contribution in [-0.2, 0) is 9.53 Å². The van der Waals surface area contributed by atoms with E-state index in [2.05, 4.69) is 17.1 Å². The zero-order valence-electron chi connectivity index (χ0n) is 16.7. The molecule has 0 radical (unpaired) electrons. The van der Waals surface area contributed by atoms with Crippen molar-refractivity contribution in [3.63, 3.8) is 0 Å². The fourth-order valence-corrected chi connectivity index (χ4v) is 4.83. The molecule has 146 valence electrons. The molecule has 1 fully saturated rings. The van der Waals surface area contributed by atoms with Crippen LogP contribution < -0.4 is 5.32 Å². The smallest absolute Gasteiger partial charge is 0.337 e.